The number of nitrogens with zero attached hydrogens (tertiary/aromatic N) is 2. The van der Waals surface area contributed by atoms with Crippen molar-refractivity contribution in [3.05, 3.63) is 29.8 Å². The molecule has 0 aromatic heterocycles. The Balaban J connectivity index is 1.74. The number of rotatable bonds is 4. The molecule has 2 atom stereocenters. The maximum atomic E-state index is 12.9. The van der Waals surface area contributed by atoms with Crippen molar-refractivity contribution in [1.82, 2.24) is 9.80 Å². The third-order valence-electron chi connectivity index (χ3n) is 4.80. The number of carbonyl (C=O) groups is 2. The molecule has 2 bridgehead atoms. The van der Waals surface area contributed by atoms with Crippen LogP contribution in [0, 0.1) is 5.92 Å². The van der Waals surface area contributed by atoms with Gasteiger partial charge in [0.2, 0.25) is 0 Å². The van der Waals surface area contributed by atoms with Gasteiger partial charge in [-0.15, -0.1) is 0 Å². The lowest BCUT2D eigenvalue weighted by atomic mass is 10.1. The number of carboxylic acids is 1. The van der Waals surface area contributed by atoms with Gasteiger partial charge in [-0.05, 0) is 18.1 Å². The third kappa shape index (κ3) is 4.29. The predicted octanol–water partition coefficient (Wildman–Crippen LogP) is 1.50. The second kappa shape index (κ2) is 7.84. The summed E-state index contributed by atoms with van der Waals surface area (Å²) in [5, 5.41) is 12.1. The van der Waals surface area contributed by atoms with Gasteiger partial charge in [-0.1, -0.05) is 25.1 Å². The standard InChI is InChI=1S/C18H25N3O4/c1-2-14-5-3-4-6-16(14)19-18(24)21-8-13-7-20(10-17(22)23)9-15(21)12-25-11-13/h3-6,13,15H,2,7-12H2,1H3,(H,19,24)(H,22,23)/t13-,15-/m0/s1. The molecular formula is C18H25N3O4. The van der Waals surface area contributed by atoms with Gasteiger partial charge in [0.25, 0.3) is 0 Å². The van der Waals surface area contributed by atoms with Crippen molar-refractivity contribution in [2.24, 2.45) is 5.92 Å². The molecule has 25 heavy (non-hydrogen) atoms. The largest absolute Gasteiger partial charge is 0.480 e. The smallest absolute Gasteiger partial charge is 0.322 e. The highest BCUT2D eigenvalue weighted by molar-refractivity contribution is 5.90. The Morgan fingerprint density at radius 2 is 2.04 bits per heavy atom. The number of hydrogen-bond donors (Lipinski definition) is 2. The van der Waals surface area contributed by atoms with Crippen molar-refractivity contribution in [2.45, 2.75) is 19.4 Å². The highest BCUT2D eigenvalue weighted by Crippen LogP contribution is 2.22. The maximum absolute atomic E-state index is 12.9. The van der Waals surface area contributed by atoms with Crippen LogP contribution in [-0.4, -0.2) is 72.3 Å². The van der Waals surface area contributed by atoms with Crippen molar-refractivity contribution >= 4 is 17.7 Å². The van der Waals surface area contributed by atoms with Crippen molar-refractivity contribution in [2.75, 3.05) is 44.7 Å². The molecule has 7 heteroatoms. The molecule has 0 radical (unpaired) electrons. The molecule has 2 saturated heterocycles. The second-order valence-electron chi connectivity index (χ2n) is 6.74. The predicted molar refractivity (Wildman–Crippen MR) is 93.7 cm³/mol. The van der Waals surface area contributed by atoms with Crippen LogP contribution in [0.25, 0.3) is 0 Å². The molecule has 2 N–H and O–H groups in total. The molecule has 0 saturated carbocycles. The van der Waals surface area contributed by atoms with Crippen LogP contribution in [-0.2, 0) is 16.0 Å². The fraction of sp³-hybridized carbons (Fsp3) is 0.556. The van der Waals surface area contributed by atoms with Gasteiger partial charge in [0, 0.05) is 31.2 Å². The molecule has 136 valence electrons. The number of fused-ring (bicyclic) bond motifs is 3. The summed E-state index contributed by atoms with van der Waals surface area (Å²) in [6.45, 7) is 4.80. The van der Waals surface area contributed by atoms with Crippen molar-refractivity contribution in [3.8, 4) is 0 Å². The third-order valence-corrected chi connectivity index (χ3v) is 4.80. The van der Waals surface area contributed by atoms with Crippen LogP contribution in [0.4, 0.5) is 10.5 Å². The maximum Gasteiger partial charge on any atom is 0.322 e. The normalized spacial score (nSPS) is 23.8. The number of para-hydroxylation sites is 1. The Bertz CT molecular complexity index is 637. The van der Waals surface area contributed by atoms with E-state index in [1.807, 2.05) is 34.1 Å². The Labute approximate surface area is 147 Å². The summed E-state index contributed by atoms with van der Waals surface area (Å²) in [7, 11) is 0. The van der Waals surface area contributed by atoms with Gasteiger partial charge < -0.3 is 20.1 Å². The number of carbonyl (C=O) groups excluding carboxylic acids is 1. The number of amides is 2. The minimum absolute atomic E-state index is 0.00112. The summed E-state index contributed by atoms with van der Waals surface area (Å²) in [6, 6.07) is 7.51. The number of ether oxygens (including phenoxy) is 1. The fourth-order valence-corrected chi connectivity index (χ4v) is 3.65. The number of carboxylic acid groups (broad SMARTS) is 1. The van der Waals surface area contributed by atoms with Gasteiger partial charge in [0.1, 0.15) is 0 Å². The van der Waals surface area contributed by atoms with Gasteiger partial charge >= 0.3 is 12.0 Å². The molecule has 1 aromatic carbocycles. The first-order valence-corrected chi connectivity index (χ1v) is 8.74. The van der Waals surface area contributed by atoms with Crippen LogP contribution >= 0.6 is 0 Å². The van der Waals surface area contributed by atoms with Crippen molar-refractivity contribution in [3.63, 3.8) is 0 Å². The van der Waals surface area contributed by atoms with Crippen LogP contribution < -0.4 is 5.32 Å². The number of nitrogens with one attached hydrogen (secondary N) is 1. The van der Waals surface area contributed by atoms with E-state index in [0.717, 1.165) is 17.7 Å². The van der Waals surface area contributed by atoms with E-state index in [-0.39, 0.29) is 24.5 Å². The number of urea groups is 1. The average Bonchev–Trinajstić information content (AvgIpc) is 2.85. The molecule has 2 amide bonds. The van der Waals surface area contributed by atoms with Crippen molar-refractivity contribution in [1.29, 1.82) is 0 Å². The van der Waals surface area contributed by atoms with Gasteiger partial charge in [0.15, 0.2) is 0 Å². The van der Waals surface area contributed by atoms with E-state index < -0.39 is 5.97 Å². The van der Waals surface area contributed by atoms with E-state index in [4.69, 9.17) is 9.84 Å². The van der Waals surface area contributed by atoms with Crippen LogP contribution in [0.5, 0.6) is 0 Å². The molecule has 2 fully saturated rings. The SMILES string of the molecule is CCc1ccccc1NC(=O)N1C[C@H]2COC[C@@H]1CN(CC(=O)O)C2. The molecular weight excluding hydrogens is 322 g/mol. The summed E-state index contributed by atoms with van der Waals surface area (Å²) in [6.07, 6.45) is 0.845. The van der Waals surface area contributed by atoms with E-state index in [1.54, 1.807) is 0 Å². The Morgan fingerprint density at radius 1 is 1.24 bits per heavy atom. The topological polar surface area (TPSA) is 82.1 Å². The minimum Gasteiger partial charge on any atom is -0.480 e. The molecule has 2 aliphatic heterocycles. The lowest BCUT2D eigenvalue weighted by molar-refractivity contribution is -0.138. The van der Waals surface area contributed by atoms with Gasteiger partial charge in [0.05, 0.1) is 25.8 Å². The number of aryl methyl sites for hydroxylation is 1. The average molecular weight is 347 g/mol. The molecule has 2 heterocycles. The summed E-state index contributed by atoms with van der Waals surface area (Å²) < 4.78 is 5.69. The second-order valence-corrected chi connectivity index (χ2v) is 6.74. The number of hydrogen-bond acceptors (Lipinski definition) is 4. The van der Waals surface area contributed by atoms with Crippen LogP contribution in [0.3, 0.4) is 0 Å². The first kappa shape index (κ1) is 17.7. The summed E-state index contributed by atoms with van der Waals surface area (Å²) >= 11 is 0. The summed E-state index contributed by atoms with van der Waals surface area (Å²) in [4.78, 5) is 27.7. The van der Waals surface area contributed by atoms with Gasteiger partial charge in [-0.2, -0.15) is 0 Å². The number of benzene rings is 1. The van der Waals surface area contributed by atoms with E-state index in [1.165, 1.54) is 0 Å². The quantitative estimate of drug-likeness (QED) is 0.862. The fourth-order valence-electron chi connectivity index (χ4n) is 3.65. The monoisotopic (exact) mass is 347 g/mol. The summed E-state index contributed by atoms with van der Waals surface area (Å²) in [5.74, 6) is -0.715. The summed E-state index contributed by atoms with van der Waals surface area (Å²) in [5.41, 5.74) is 1.93. The zero-order valence-corrected chi connectivity index (χ0v) is 14.5. The number of anilines is 1. The van der Waals surface area contributed by atoms with Gasteiger partial charge in [-0.3, -0.25) is 9.69 Å². The molecule has 0 spiro atoms. The van der Waals surface area contributed by atoms with Crippen LogP contribution in [0.1, 0.15) is 12.5 Å². The van der Waals surface area contributed by atoms with E-state index in [0.29, 0.717) is 32.8 Å². The Hall–Kier alpha value is -2.12. The first-order valence-electron chi connectivity index (χ1n) is 8.74. The molecule has 7 nitrogen and oxygen atoms in total. The van der Waals surface area contributed by atoms with E-state index in [2.05, 4.69) is 12.2 Å². The zero-order valence-electron chi connectivity index (χ0n) is 14.5. The Morgan fingerprint density at radius 3 is 2.80 bits per heavy atom. The van der Waals surface area contributed by atoms with E-state index >= 15 is 0 Å². The van der Waals surface area contributed by atoms with E-state index in [9.17, 15) is 9.59 Å². The van der Waals surface area contributed by atoms with Crippen molar-refractivity contribution < 1.29 is 19.4 Å². The highest BCUT2D eigenvalue weighted by Gasteiger charge is 2.36. The highest BCUT2D eigenvalue weighted by atomic mass is 16.5. The van der Waals surface area contributed by atoms with Gasteiger partial charge in [-0.25, -0.2) is 4.79 Å². The lowest BCUT2D eigenvalue weighted by Crippen LogP contribution is -2.48. The van der Waals surface area contributed by atoms with Crippen LogP contribution in [0.2, 0.25) is 0 Å². The van der Waals surface area contributed by atoms with Crippen LogP contribution in [0.15, 0.2) is 24.3 Å². The number of aliphatic carboxylic acids is 1. The molecule has 3 rings (SSSR count). The molecule has 0 unspecified atom stereocenters. The minimum atomic E-state index is -0.839. The molecule has 2 aliphatic rings. The first-order chi connectivity index (χ1) is 12.1. The zero-order chi connectivity index (χ0) is 17.8. The Kier molecular flexibility index (Phi) is 5.55. The lowest BCUT2D eigenvalue weighted by Gasteiger charge is -2.30. The molecule has 1 aromatic rings. The molecule has 0 aliphatic carbocycles.